The van der Waals surface area contributed by atoms with Crippen molar-refractivity contribution in [1.29, 1.82) is 0 Å². The maximum absolute atomic E-state index is 14.4. The zero-order valence-electron chi connectivity index (χ0n) is 13.6. The number of carbonyl (C=O) groups excluding carboxylic acids is 1. The molecule has 1 saturated heterocycles. The number of amides is 1. The molecule has 1 amide bonds. The van der Waals surface area contributed by atoms with E-state index in [1.54, 1.807) is 6.92 Å². The van der Waals surface area contributed by atoms with Crippen LogP contribution in [0.25, 0.3) is 0 Å². The molecule has 1 aliphatic heterocycles. The van der Waals surface area contributed by atoms with E-state index in [-0.39, 0.29) is 12.5 Å². The van der Waals surface area contributed by atoms with Crippen molar-refractivity contribution >= 4 is 12.1 Å². The van der Waals surface area contributed by atoms with Gasteiger partial charge in [0.1, 0.15) is 6.17 Å². The number of likely N-dealkylation sites (tertiary alicyclic amines) is 1. The van der Waals surface area contributed by atoms with Crippen LogP contribution in [0, 0.1) is 5.92 Å². The van der Waals surface area contributed by atoms with Gasteiger partial charge in [-0.15, -0.1) is 0 Å². The van der Waals surface area contributed by atoms with Crippen LogP contribution in [0.4, 0.5) is 4.39 Å². The summed E-state index contributed by atoms with van der Waals surface area (Å²) in [5.74, 6) is -0.653. The molecule has 0 aliphatic carbocycles. The number of carbonyl (C=O) groups is 1. The number of aliphatic imine (C=N–C) groups is 1. The molecular formula is C18H25FN2O2. The zero-order chi connectivity index (χ0) is 16.7. The van der Waals surface area contributed by atoms with Gasteiger partial charge in [0.15, 0.2) is 0 Å². The molecule has 0 spiro atoms. The van der Waals surface area contributed by atoms with Crippen molar-refractivity contribution in [3.8, 4) is 0 Å². The van der Waals surface area contributed by atoms with Crippen LogP contribution in [0.3, 0.4) is 0 Å². The van der Waals surface area contributed by atoms with Gasteiger partial charge in [0, 0.05) is 25.1 Å². The zero-order valence-corrected chi connectivity index (χ0v) is 13.6. The molecular weight excluding hydrogens is 295 g/mol. The fourth-order valence-corrected chi connectivity index (χ4v) is 3.00. The number of aliphatic hydroxyl groups is 1. The molecule has 5 heteroatoms. The number of halogens is 1. The monoisotopic (exact) mass is 320 g/mol. The van der Waals surface area contributed by atoms with Gasteiger partial charge in [0.25, 0.3) is 0 Å². The number of aryl methyl sites for hydroxylation is 1. The van der Waals surface area contributed by atoms with E-state index in [9.17, 15) is 14.3 Å². The van der Waals surface area contributed by atoms with Crippen LogP contribution in [0.1, 0.15) is 25.3 Å². The first-order valence-corrected chi connectivity index (χ1v) is 8.25. The first-order chi connectivity index (χ1) is 11.2. The molecule has 0 saturated carbocycles. The van der Waals surface area contributed by atoms with Crippen molar-refractivity contribution in [1.82, 2.24) is 4.90 Å². The smallest absolute Gasteiger partial charge is 0.245 e. The predicted octanol–water partition coefficient (Wildman–Crippen LogP) is 2.26. The van der Waals surface area contributed by atoms with E-state index in [2.05, 4.69) is 17.1 Å². The lowest BCUT2D eigenvalue weighted by Gasteiger charge is -2.23. The summed E-state index contributed by atoms with van der Waals surface area (Å²) in [7, 11) is 0. The number of alkyl halides is 1. The van der Waals surface area contributed by atoms with E-state index < -0.39 is 18.1 Å². The topological polar surface area (TPSA) is 52.9 Å². The summed E-state index contributed by atoms with van der Waals surface area (Å²) < 4.78 is 14.4. The lowest BCUT2D eigenvalue weighted by molar-refractivity contribution is -0.117. The van der Waals surface area contributed by atoms with Crippen LogP contribution in [0.5, 0.6) is 0 Å². The van der Waals surface area contributed by atoms with Gasteiger partial charge in [-0.25, -0.2) is 9.38 Å². The van der Waals surface area contributed by atoms with Crippen molar-refractivity contribution in [3.63, 3.8) is 0 Å². The normalized spacial score (nSPS) is 25.3. The minimum atomic E-state index is -1.18. The van der Waals surface area contributed by atoms with Crippen LogP contribution in [0.2, 0.25) is 0 Å². The summed E-state index contributed by atoms with van der Waals surface area (Å²) in [6.45, 7) is 2.75. The van der Waals surface area contributed by atoms with Gasteiger partial charge < -0.3 is 5.11 Å². The fourth-order valence-electron chi connectivity index (χ4n) is 3.00. The largest absolute Gasteiger partial charge is 0.395 e. The molecule has 1 aromatic carbocycles. The van der Waals surface area contributed by atoms with Crippen molar-refractivity contribution in [2.75, 3.05) is 19.7 Å². The molecule has 1 heterocycles. The molecule has 0 radical (unpaired) electrons. The molecule has 1 unspecified atom stereocenters. The molecule has 1 fully saturated rings. The molecule has 23 heavy (non-hydrogen) atoms. The third kappa shape index (κ3) is 4.94. The van der Waals surface area contributed by atoms with Crippen LogP contribution in [0.15, 0.2) is 35.3 Å². The van der Waals surface area contributed by atoms with Crippen LogP contribution in [-0.4, -0.2) is 54.0 Å². The average Bonchev–Trinajstić information content (AvgIpc) is 2.88. The van der Waals surface area contributed by atoms with Gasteiger partial charge in [-0.2, -0.15) is 0 Å². The number of rotatable bonds is 7. The van der Waals surface area contributed by atoms with E-state index in [1.165, 1.54) is 11.8 Å². The second kappa shape index (κ2) is 8.89. The Morgan fingerprint density at radius 2 is 2.17 bits per heavy atom. The van der Waals surface area contributed by atoms with Gasteiger partial charge in [-0.05, 0) is 24.9 Å². The standard InChI is InChI=1S/C18H25FN2O2/c1-2-17(23)20-11-15-12-21(16(13-22)18(15)19)10-6-9-14-7-4-3-5-8-14/h3-5,7-8,11,15-16,18,22H,2,6,9-10,12-13H2,1H3/t15?,16-,18+/m0/s1. The second-order valence-electron chi connectivity index (χ2n) is 5.97. The second-order valence-corrected chi connectivity index (χ2v) is 5.97. The molecule has 1 aromatic rings. The third-order valence-corrected chi connectivity index (χ3v) is 4.34. The lowest BCUT2D eigenvalue weighted by atomic mass is 10.1. The minimum Gasteiger partial charge on any atom is -0.395 e. The highest BCUT2D eigenvalue weighted by atomic mass is 19.1. The van der Waals surface area contributed by atoms with E-state index in [1.807, 2.05) is 23.1 Å². The van der Waals surface area contributed by atoms with Crippen molar-refractivity contribution < 1.29 is 14.3 Å². The molecule has 4 nitrogen and oxygen atoms in total. The number of hydrogen-bond donors (Lipinski definition) is 1. The Labute approximate surface area is 137 Å². The lowest BCUT2D eigenvalue weighted by Crippen LogP contribution is -2.37. The molecule has 126 valence electrons. The number of hydrogen-bond acceptors (Lipinski definition) is 3. The van der Waals surface area contributed by atoms with Crippen LogP contribution >= 0.6 is 0 Å². The fraction of sp³-hybridized carbons (Fsp3) is 0.556. The van der Waals surface area contributed by atoms with Crippen molar-refractivity contribution in [2.24, 2.45) is 10.9 Å². The van der Waals surface area contributed by atoms with Gasteiger partial charge in [0.05, 0.1) is 12.6 Å². The van der Waals surface area contributed by atoms with Crippen molar-refractivity contribution in [3.05, 3.63) is 35.9 Å². The molecule has 2 rings (SSSR count). The number of aliphatic hydroxyl groups excluding tert-OH is 1. The summed E-state index contributed by atoms with van der Waals surface area (Å²) in [6, 6.07) is 9.67. The first-order valence-electron chi connectivity index (χ1n) is 8.25. The maximum atomic E-state index is 14.4. The quantitative estimate of drug-likeness (QED) is 0.784. The Hall–Kier alpha value is -1.59. The summed E-state index contributed by atoms with van der Waals surface area (Å²) in [5.41, 5.74) is 1.26. The number of nitrogens with zero attached hydrogens (tertiary/aromatic N) is 2. The minimum absolute atomic E-state index is 0.210. The summed E-state index contributed by atoms with van der Waals surface area (Å²) in [6.07, 6.45) is 2.41. The van der Waals surface area contributed by atoms with Gasteiger partial charge >= 0.3 is 0 Å². The molecule has 0 bridgehead atoms. The highest BCUT2D eigenvalue weighted by Crippen LogP contribution is 2.26. The van der Waals surface area contributed by atoms with E-state index in [0.29, 0.717) is 13.0 Å². The first kappa shape index (κ1) is 17.8. The predicted molar refractivity (Wildman–Crippen MR) is 89.4 cm³/mol. The summed E-state index contributed by atoms with van der Waals surface area (Å²) in [5, 5.41) is 9.47. The molecule has 0 aromatic heterocycles. The Bertz CT molecular complexity index is 521. The van der Waals surface area contributed by atoms with Gasteiger partial charge in [-0.3, -0.25) is 9.69 Å². The Morgan fingerprint density at radius 1 is 1.43 bits per heavy atom. The maximum Gasteiger partial charge on any atom is 0.245 e. The van der Waals surface area contributed by atoms with Crippen LogP contribution < -0.4 is 0 Å². The summed E-state index contributed by atoms with van der Waals surface area (Å²) >= 11 is 0. The Balaban J connectivity index is 1.88. The summed E-state index contributed by atoms with van der Waals surface area (Å²) in [4.78, 5) is 17.0. The highest BCUT2D eigenvalue weighted by Gasteiger charge is 2.40. The Kier molecular flexibility index (Phi) is 6.86. The molecule has 3 atom stereocenters. The average molecular weight is 320 g/mol. The van der Waals surface area contributed by atoms with E-state index in [0.717, 1.165) is 19.4 Å². The van der Waals surface area contributed by atoms with Crippen LogP contribution in [-0.2, 0) is 11.2 Å². The van der Waals surface area contributed by atoms with Gasteiger partial charge in [-0.1, -0.05) is 37.3 Å². The highest BCUT2D eigenvalue weighted by molar-refractivity contribution is 5.85. The van der Waals surface area contributed by atoms with Gasteiger partial charge in [0.2, 0.25) is 5.91 Å². The van der Waals surface area contributed by atoms with E-state index >= 15 is 0 Å². The number of benzene rings is 1. The third-order valence-electron chi connectivity index (χ3n) is 4.34. The molecule has 1 aliphatic rings. The van der Waals surface area contributed by atoms with E-state index in [4.69, 9.17) is 0 Å². The molecule has 1 N–H and O–H groups in total. The SMILES string of the molecule is CCC(=O)N=CC1CN(CCCc2ccccc2)[C@@H](CO)[C@@H]1F. The Morgan fingerprint density at radius 3 is 2.83 bits per heavy atom. The van der Waals surface area contributed by atoms with Crippen molar-refractivity contribution in [2.45, 2.75) is 38.4 Å².